The molecule has 106 valence electrons. The first kappa shape index (κ1) is 15.5. The van der Waals surface area contributed by atoms with Gasteiger partial charge in [-0.2, -0.15) is 0 Å². The zero-order valence-electron chi connectivity index (χ0n) is 11.6. The third kappa shape index (κ3) is 4.33. The molecule has 0 bridgehead atoms. The second-order valence-corrected chi connectivity index (χ2v) is 7.27. The first-order valence-corrected chi connectivity index (χ1v) is 7.81. The monoisotopic (exact) mass is 398 g/mol. The Morgan fingerprint density at radius 3 is 2.25 bits per heavy atom. The number of rotatable bonds is 3. The Labute approximate surface area is 135 Å². The molecule has 2 aromatic heterocycles. The lowest BCUT2D eigenvalue weighted by atomic mass is 10.1. The Kier molecular flexibility index (Phi) is 4.88. The van der Waals surface area contributed by atoms with E-state index in [0.29, 0.717) is 5.82 Å². The third-order valence-electron chi connectivity index (χ3n) is 2.55. The van der Waals surface area contributed by atoms with Crippen LogP contribution < -0.4 is 5.32 Å². The Hall–Kier alpha value is -0.850. The Bertz CT molecular complexity index is 591. The Balaban J connectivity index is 2.15. The maximum absolute atomic E-state index is 4.38. The summed E-state index contributed by atoms with van der Waals surface area (Å²) < 4.78 is 1.78. The van der Waals surface area contributed by atoms with Crippen LogP contribution in [0.3, 0.4) is 0 Å². The normalized spacial score (nSPS) is 11.7. The molecule has 0 aliphatic rings. The molecule has 0 unspecified atom stereocenters. The molecule has 20 heavy (non-hydrogen) atoms. The van der Waals surface area contributed by atoms with Gasteiger partial charge in [-0.25, -0.2) is 9.97 Å². The fourth-order valence-corrected chi connectivity index (χ4v) is 2.68. The lowest BCUT2D eigenvalue weighted by molar-refractivity contribution is 0.423. The van der Waals surface area contributed by atoms with E-state index in [-0.39, 0.29) is 5.54 Å². The highest BCUT2D eigenvalue weighted by Gasteiger charge is 2.11. The molecule has 0 atom stereocenters. The molecule has 2 aromatic rings. The summed E-state index contributed by atoms with van der Waals surface area (Å²) in [6, 6.07) is 1.93. The molecule has 0 aromatic carbocycles. The molecule has 0 saturated carbocycles. The fraction of sp³-hybridized carbons (Fsp3) is 0.357. The average Bonchev–Trinajstić information content (AvgIpc) is 2.36. The van der Waals surface area contributed by atoms with Crippen molar-refractivity contribution in [1.29, 1.82) is 0 Å². The summed E-state index contributed by atoms with van der Waals surface area (Å²) in [6.45, 7) is 7.14. The van der Waals surface area contributed by atoms with Gasteiger partial charge in [-0.05, 0) is 58.7 Å². The molecule has 2 heterocycles. The molecule has 0 saturated heterocycles. The van der Waals surface area contributed by atoms with Gasteiger partial charge in [0.1, 0.15) is 5.69 Å². The van der Waals surface area contributed by atoms with Gasteiger partial charge >= 0.3 is 0 Å². The standard InChI is InChI=1S/C14H16Br2N4/c1-14(2,3)20-7-9-5-18-13(19-6-9)12-11(16)4-10(15)8-17-12/h4-6,8,20H,7H2,1-3H3. The lowest BCUT2D eigenvalue weighted by Crippen LogP contribution is -2.35. The van der Waals surface area contributed by atoms with Crippen LogP contribution in [0.1, 0.15) is 26.3 Å². The van der Waals surface area contributed by atoms with E-state index >= 15 is 0 Å². The quantitative estimate of drug-likeness (QED) is 0.848. The zero-order valence-corrected chi connectivity index (χ0v) is 14.8. The SMILES string of the molecule is CC(C)(C)NCc1cnc(-c2ncc(Br)cc2Br)nc1. The van der Waals surface area contributed by atoms with E-state index in [1.165, 1.54) is 0 Å². The van der Waals surface area contributed by atoms with Gasteiger partial charge in [0.05, 0.1) is 0 Å². The van der Waals surface area contributed by atoms with Crippen molar-refractivity contribution in [3.8, 4) is 11.5 Å². The minimum Gasteiger partial charge on any atom is -0.308 e. The number of pyridine rings is 1. The molecular weight excluding hydrogens is 384 g/mol. The second kappa shape index (κ2) is 6.28. The third-order valence-corrected chi connectivity index (χ3v) is 3.59. The predicted octanol–water partition coefficient (Wildman–Crippen LogP) is 3.95. The number of nitrogens with one attached hydrogen (secondary N) is 1. The van der Waals surface area contributed by atoms with Crippen LogP contribution in [0.15, 0.2) is 33.6 Å². The summed E-state index contributed by atoms with van der Waals surface area (Å²) in [5, 5.41) is 3.41. The van der Waals surface area contributed by atoms with E-state index in [2.05, 4.69) is 72.9 Å². The number of hydrogen-bond acceptors (Lipinski definition) is 4. The highest BCUT2D eigenvalue weighted by molar-refractivity contribution is 9.11. The molecule has 1 N–H and O–H groups in total. The van der Waals surface area contributed by atoms with Gasteiger partial charge in [-0.3, -0.25) is 4.98 Å². The van der Waals surface area contributed by atoms with Gasteiger partial charge in [0.2, 0.25) is 0 Å². The molecule has 0 aliphatic carbocycles. The van der Waals surface area contributed by atoms with Crippen molar-refractivity contribution in [2.75, 3.05) is 0 Å². The van der Waals surface area contributed by atoms with Crippen LogP contribution in [0.4, 0.5) is 0 Å². The van der Waals surface area contributed by atoms with Gasteiger partial charge in [0.15, 0.2) is 5.82 Å². The van der Waals surface area contributed by atoms with Gasteiger partial charge in [-0.15, -0.1) is 0 Å². The van der Waals surface area contributed by atoms with Gasteiger partial charge in [0.25, 0.3) is 0 Å². The van der Waals surface area contributed by atoms with Crippen molar-refractivity contribution in [3.63, 3.8) is 0 Å². The molecule has 6 heteroatoms. The number of aromatic nitrogens is 3. The summed E-state index contributed by atoms with van der Waals surface area (Å²) in [5.41, 5.74) is 1.87. The average molecular weight is 400 g/mol. The summed E-state index contributed by atoms with van der Waals surface area (Å²) in [4.78, 5) is 13.1. The van der Waals surface area contributed by atoms with E-state index in [4.69, 9.17) is 0 Å². The van der Waals surface area contributed by atoms with Crippen molar-refractivity contribution in [2.24, 2.45) is 0 Å². The maximum Gasteiger partial charge on any atom is 0.179 e. The molecule has 0 spiro atoms. The summed E-state index contributed by atoms with van der Waals surface area (Å²) >= 11 is 6.85. The second-order valence-electron chi connectivity index (χ2n) is 5.50. The van der Waals surface area contributed by atoms with Crippen LogP contribution in [0, 0.1) is 0 Å². The van der Waals surface area contributed by atoms with Gasteiger partial charge < -0.3 is 5.32 Å². The largest absolute Gasteiger partial charge is 0.308 e. The van der Waals surface area contributed by atoms with E-state index < -0.39 is 0 Å². The first-order valence-electron chi connectivity index (χ1n) is 6.22. The number of halogens is 2. The van der Waals surface area contributed by atoms with Crippen LogP contribution in [0.2, 0.25) is 0 Å². The molecular formula is C14H16Br2N4. The minimum atomic E-state index is 0.0783. The summed E-state index contributed by atoms with van der Waals surface area (Å²) in [7, 11) is 0. The smallest absolute Gasteiger partial charge is 0.179 e. The summed E-state index contributed by atoms with van der Waals surface area (Å²) in [6.07, 6.45) is 5.40. The van der Waals surface area contributed by atoms with E-state index in [1.807, 2.05) is 18.5 Å². The predicted molar refractivity (Wildman–Crippen MR) is 87.3 cm³/mol. The topological polar surface area (TPSA) is 50.7 Å². The highest BCUT2D eigenvalue weighted by atomic mass is 79.9. The van der Waals surface area contributed by atoms with Gasteiger partial charge in [-0.1, -0.05) is 0 Å². The highest BCUT2D eigenvalue weighted by Crippen LogP contribution is 2.25. The molecule has 2 rings (SSSR count). The van der Waals surface area contributed by atoms with Crippen molar-refractivity contribution in [3.05, 3.63) is 39.2 Å². The van der Waals surface area contributed by atoms with E-state index in [0.717, 1.165) is 26.7 Å². The minimum absolute atomic E-state index is 0.0783. The Morgan fingerprint density at radius 1 is 1.05 bits per heavy atom. The maximum atomic E-state index is 4.38. The van der Waals surface area contributed by atoms with Crippen molar-refractivity contribution in [1.82, 2.24) is 20.3 Å². The lowest BCUT2D eigenvalue weighted by Gasteiger charge is -2.20. The molecule has 0 radical (unpaired) electrons. The fourth-order valence-electron chi connectivity index (χ4n) is 1.51. The van der Waals surface area contributed by atoms with E-state index in [1.54, 1.807) is 6.20 Å². The van der Waals surface area contributed by atoms with Crippen LogP contribution >= 0.6 is 31.9 Å². The molecule has 0 aliphatic heterocycles. The van der Waals surface area contributed by atoms with Crippen molar-refractivity contribution in [2.45, 2.75) is 32.9 Å². The zero-order chi connectivity index (χ0) is 14.8. The van der Waals surface area contributed by atoms with Crippen molar-refractivity contribution >= 4 is 31.9 Å². The van der Waals surface area contributed by atoms with E-state index in [9.17, 15) is 0 Å². The number of hydrogen-bond donors (Lipinski definition) is 1. The van der Waals surface area contributed by atoms with Crippen molar-refractivity contribution < 1.29 is 0 Å². The molecule has 0 amide bonds. The molecule has 0 fully saturated rings. The van der Waals surface area contributed by atoms with Crippen LogP contribution in [-0.2, 0) is 6.54 Å². The molecule has 4 nitrogen and oxygen atoms in total. The van der Waals surface area contributed by atoms with Gasteiger partial charge in [0, 0.05) is 45.2 Å². The van der Waals surface area contributed by atoms with Crippen LogP contribution in [0.5, 0.6) is 0 Å². The summed E-state index contributed by atoms with van der Waals surface area (Å²) in [5.74, 6) is 0.615. The number of nitrogens with zero attached hydrogens (tertiary/aromatic N) is 3. The first-order chi connectivity index (χ1) is 9.35. The van der Waals surface area contributed by atoms with Crippen LogP contribution in [-0.4, -0.2) is 20.5 Å². The van der Waals surface area contributed by atoms with Crippen LogP contribution in [0.25, 0.3) is 11.5 Å². The Morgan fingerprint density at radius 2 is 1.70 bits per heavy atom.